The van der Waals surface area contributed by atoms with Gasteiger partial charge in [-0.3, -0.25) is 0 Å². The van der Waals surface area contributed by atoms with E-state index >= 15 is 0 Å². The fraction of sp³-hybridized carbons (Fsp3) is 1.00. The Morgan fingerprint density at radius 1 is 1.50 bits per heavy atom. The minimum Gasteiger partial charge on any atom is -0.394 e. The van der Waals surface area contributed by atoms with Gasteiger partial charge in [0.2, 0.25) is 0 Å². The molecule has 2 unspecified atom stereocenters. The molecule has 0 aromatic rings. The Morgan fingerprint density at radius 2 is 2.28 bits per heavy atom. The largest absolute Gasteiger partial charge is 0.394 e. The van der Waals surface area contributed by atoms with Crippen LogP contribution < -0.4 is 5.32 Å². The van der Waals surface area contributed by atoms with Crippen LogP contribution >= 0.6 is 0 Å². The second-order valence-corrected chi connectivity index (χ2v) is 5.76. The molecule has 0 aromatic carbocycles. The van der Waals surface area contributed by atoms with Gasteiger partial charge in [-0.15, -0.1) is 0 Å². The highest BCUT2D eigenvalue weighted by Gasteiger charge is 2.25. The SMILES string of the molecule is CCNC(C)(CO)CCN1CCCC(COC)C1. The Labute approximate surface area is 112 Å². The molecular formula is C14H30N2O2. The first kappa shape index (κ1) is 15.9. The van der Waals surface area contributed by atoms with Crippen LogP contribution in [0.5, 0.6) is 0 Å². The number of rotatable bonds is 8. The van der Waals surface area contributed by atoms with E-state index in [-0.39, 0.29) is 12.1 Å². The van der Waals surface area contributed by atoms with Crippen molar-refractivity contribution in [1.29, 1.82) is 0 Å². The molecule has 0 aromatic heterocycles. The molecule has 2 N–H and O–H groups in total. The second kappa shape index (κ2) is 8.10. The van der Waals surface area contributed by atoms with Crippen LogP contribution in [0, 0.1) is 5.92 Å². The summed E-state index contributed by atoms with van der Waals surface area (Å²) in [7, 11) is 1.78. The zero-order valence-electron chi connectivity index (χ0n) is 12.2. The van der Waals surface area contributed by atoms with Gasteiger partial charge in [0.05, 0.1) is 13.2 Å². The number of nitrogens with one attached hydrogen (secondary N) is 1. The number of hydrogen-bond donors (Lipinski definition) is 2. The molecule has 18 heavy (non-hydrogen) atoms. The van der Waals surface area contributed by atoms with E-state index in [0.717, 1.165) is 32.7 Å². The van der Waals surface area contributed by atoms with E-state index in [1.807, 2.05) is 0 Å². The summed E-state index contributed by atoms with van der Waals surface area (Å²) < 4.78 is 5.26. The monoisotopic (exact) mass is 258 g/mol. The van der Waals surface area contributed by atoms with Crippen LogP contribution in [0.4, 0.5) is 0 Å². The molecule has 0 aliphatic carbocycles. The van der Waals surface area contributed by atoms with Crippen LogP contribution in [0.3, 0.4) is 0 Å². The van der Waals surface area contributed by atoms with Gasteiger partial charge in [-0.1, -0.05) is 6.92 Å². The average Bonchev–Trinajstić information content (AvgIpc) is 2.38. The van der Waals surface area contributed by atoms with Gasteiger partial charge in [-0.2, -0.15) is 0 Å². The van der Waals surface area contributed by atoms with Crippen LogP contribution in [0.1, 0.15) is 33.1 Å². The van der Waals surface area contributed by atoms with Gasteiger partial charge in [0.15, 0.2) is 0 Å². The van der Waals surface area contributed by atoms with E-state index in [0.29, 0.717) is 5.92 Å². The molecule has 0 saturated carbocycles. The van der Waals surface area contributed by atoms with Gasteiger partial charge in [0.1, 0.15) is 0 Å². The van der Waals surface area contributed by atoms with Gasteiger partial charge in [-0.05, 0) is 51.7 Å². The lowest BCUT2D eigenvalue weighted by molar-refractivity contribution is 0.0800. The van der Waals surface area contributed by atoms with E-state index in [1.165, 1.54) is 19.4 Å². The zero-order valence-corrected chi connectivity index (χ0v) is 12.2. The molecule has 0 bridgehead atoms. The third-order valence-electron chi connectivity index (χ3n) is 3.94. The highest BCUT2D eigenvalue weighted by molar-refractivity contribution is 4.84. The van der Waals surface area contributed by atoms with E-state index in [1.54, 1.807) is 7.11 Å². The lowest BCUT2D eigenvalue weighted by Gasteiger charge is -2.36. The Balaban J connectivity index is 2.33. The second-order valence-electron chi connectivity index (χ2n) is 5.76. The van der Waals surface area contributed by atoms with Crippen LogP contribution in [-0.4, -0.2) is 62.0 Å². The average molecular weight is 258 g/mol. The van der Waals surface area contributed by atoms with Gasteiger partial charge < -0.3 is 20.1 Å². The predicted octanol–water partition coefficient (Wildman–Crippen LogP) is 1.10. The summed E-state index contributed by atoms with van der Waals surface area (Å²) in [6, 6.07) is 0. The van der Waals surface area contributed by atoms with Gasteiger partial charge in [0.25, 0.3) is 0 Å². The Morgan fingerprint density at radius 3 is 2.89 bits per heavy atom. The van der Waals surface area contributed by atoms with Crippen molar-refractivity contribution < 1.29 is 9.84 Å². The van der Waals surface area contributed by atoms with Gasteiger partial charge >= 0.3 is 0 Å². The third-order valence-corrected chi connectivity index (χ3v) is 3.94. The maximum Gasteiger partial charge on any atom is 0.0611 e. The van der Waals surface area contributed by atoms with Crippen molar-refractivity contribution >= 4 is 0 Å². The maximum absolute atomic E-state index is 9.48. The molecule has 1 heterocycles. The molecule has 1 aliphatic heterocycles. The van der Waals surface area contributed by atoms with Crippen molar-refractivity contribution in [3.8, 4) is 0 Å². The molecule has 4 nitrogen and oxygen atoms in total. The van der Waals surface area contributed by atoms with Crippen LogP contribution in [0.25, 0.3) is 0 Å². The van der Waals surface area contributed by atoms with Crippen molar-refractivity contribution in [2.75, 3.05) is 46.5 Å². The topological polar surface area (TPSA) is 44.7 Å². The molecule has 1 fully saturated rings. The van der Waals surface area contributed by atoms with Crippen molar-refractivity contribution in [3.05, 3.63) is 0 Å². The zero-order chi connectivity index (χ0) is 13.4. The summed E-state index contributed by atoms with van der Waals surface area (Å²) in [5.74, 6) is 0.684. The fourth-order valence-electron chi connectivity index (χ4n) is 2.78. The molecule has 0 amide bonds. The number of likely N-dealkylation sites (tertiary alicyclic amines) is 1. The van der Waals surface area contributed by atoms with Crippen molar-refractivity contribution in [1.82, 2.24) is 10.2 Å². The van der Waals surface area contributed by atoms with Crippen molar-refractivity contribution in [3.63, 3.8) is 0 Å². The fourth-order valence-corrected chi connectivity index (χ4v) is 2.78. The number of hydrogen-bond acceptors (Lipinski definition) is 4. The smallest absolute Gasteiger partial charge is 0.0611 e. The molecule has 1 rings (SSSR count). The van der Waals surface area contributed by atoms with E-state index in [9.17, 15) is 5.11 Å². The molecule has 1 aliphatic rings. The van der Waals surface area contributed by atoms with Crippen LogP contribution in [-0.2, 0) is 4.74 Å². The lowest BCUT2D eigenvalue weighted by Crippen LogP contribution is -2.49. The van der Waals surface area contributed by atoms with E-state index in [2.05, 4.69) is 24.1 Å². The van der Waals surface area contributed by atoms with Crippen molar-refractivity contribution in [2.45, 2.75) is 38.6 Å². The third kappa shape index (κ3) is 5.22. The van der Waals surface area contributed by atoms with Crippen LogP contribution in [0.15, 0.2) is 0 Å². The van der Waals surface area contributed by atoms with E-state index < -0.39 is 0 Å². The predicted molar refractivity (Wildman–Crippen MR) is 74.8 cm³/mol. The first-order chi connectivity index (χ1) is 8.63. The van der Waals surface area contributed by atoms with Gasteiger partial charge in [-0.25, -0.2) is 0 Å². The minimum atomic E-state index is -0.136. The summed E-state index contributed by atoms with van der Waals surface area (Å²) in [4.78, 5) is 2.51. The molecule has 108 valence electrons. The van der Waals surface area contributed by atoms with E-state index in [4.69, 9.17) is 4.74 Å². The number of likely N-dealkylation sites (N-methyl/N-ethyl adjacent to an activating group) is 1. The van der Waals surface area contributed by atoms with Gasteiger partial charge in [0, 0.05) is 19.2 Å². The number of methoxy groups -OCH3 is 1. The Kier molecular flexibility index (Phi) is 7.15. The normalized spacial score (nSPS) is 25.0. The first-order valence-corrected chi connectivity index (χ1v) is 7.20. The number of aliphatic hydroxyl groups excluding tert-OH is 1. The number of aliphatic hydroxyl groups is 1. The lowest BCUT2D eigenvalue weighted by atomic mass is 9.95. The summed E-state index contributed by atoms with van der Waals surface area (Å²) in [5.41, 5.74) is -0.136. The molecular weight excluding hydrogens is 228 g/mol. The number of nitrogens with zero attached hydrogens (tertiary/aromatic N) is 1. The van der Waals surface area contributed by atoms with Crippen LogP contribution in [0.2, 0.25) is 0 Å². The summed E-state index contributed by atoms with van der Waals surface area (Å²) in [6.45, 7) is 9.57. The minimum absolute atomic E-state index is 0.136. The highest BCUT2D eigenvalue weighted by atomic mass is 16.5. The Bertz CT molecular complexity index is 224. The summed E-state index contributed by atoms with van der Waals surface area (Å²) in [6.07, 6.45) is 3.55. The number of ether oxygens (including phenoxy) is 1. The maximum atomic E-state index is 9.48. The highest BCUT2D eigenvalue weighted by Crippen LogP contribution is 2.18. The molecule has 0 radical (unpaired) electrons. The Hall–Kier alpha value is -0.160. The molecule has 1 saturated heterocycles. The molecule has 0 spiro atoms. The van der Waals surface area contributed by atoms with Crippen molar-refractivity contribution in [2.24, 2.45) is 5.92 Å². The molecule has 2 atom stereocenters. The molecule has 4 heteroatoms. The first-order valence-electron chi connectivity index (χ1n) is 7.20. The number of piperidine rings is 1. The standard InChI is InChI=1S/C14H30N2O2/c1-4-15-14(2,12-17)7-9-16-8-5-6-13(10-16)11-18-3/h13,15,17H,4-12H2,1-3H3. The quantitative estimate of drug-likeness (QED) is 0.684. The summed E-state index contributed by atoms with van der Waals surface area (Å²) >= 11 is 0. The summed E-state index contributed by atoms with van der Waals surface area (Å²) in [5, 5.41) is 12.9.